The summed E-state index contributed by atoms with van der Waals surface area (Å²) in [5.74, 6) is 1.70. The van der Waals surface area contributed by atoms with Gasteiger partial charge in [-0.3, -0.25) is 4.57 Å². The van der Waals surface area contributed by atoms with Crippen molar-refractivity contribution in [2.24, 2.45) is 0 Å². The highest BCUT2D eigenvalue weighted by molar-refractivity contribution is 6.11. The zero-order valence-corrected chi connectivity index (χ0v) is 27.8. The van der Waals surface area contributed by atoms with Gasteiger partial charge in [0.2, 0.25) is 5.95 Å². The number of rotatable bonds is 5. The fourth-order valence-electron chi connectivity index (χ4n) is 7.39. The minimum Gasteiger partial charge on any atom is -0.309 e. The van der Waals surface area contributed by atoms with Crippen molar-refractivity contribution in [3.63, 3.8) is 0 Å². The lowest BCUT2D eigenvalue weighted by atomic mass is 10.0. The second-order valence-electron chi connectivity index (χ2n) is 12.8. The molecule has 0 bridgehead atoms. The van der Waals surface area contributed by atoms with Gasteiger partial charge < -0.3 is 4.57 Å². The quantitative estimate of drug-likeness (QED) is 0.184. The number of para-hydroxylation sites is 2. The monoisotopic (exact) mass is 664 g/mol. The van der Waals surface area contributed by atoms with Crippen molar-refractivity contribution >= 4 is 43.6 Å². The van der Waals surface area contributed by atoms with Crippen LogP contribution in [0.3, 0.4) is 0 Å². The summed E-state index contributed by atoms with van der Waals surface area (Å²) in [5, 5.41) is 14.3. The van der Waals surface area contributed by atoms with Gasteiger partial charge in [0.15, 0.2) is 11.6 Å². The standard InChI is InChI=1S/C46H28N6/c47-29-30-19-25-42-38(27-30)39-28-34(31-20-23-35(24-21-31)51-40-17-9-7-15-36(40)37-16-8-10-18-41(37)51)22-26-43(39)52(42)46-49-44(32-11-3-1-4-12-32)48-45(50-46)33-13-5-2-6-14-33/h1-28H. The zero-order valence-electron chi connectivity index (χ0n) is 27.8. The van der Waals surface area contributed by atoms with E-state index in [4.69, 9.17) is 15.0 Å². The molecule has 0 unspecified atom stereocenters. The molecule has 0 amide bonds. The summed E-state index contributed by atoms with van der Waals surface area (Å²) in [6, 6.07) is 60.5. The minimum atomic E-state index is 0.515. The molecule has 3 aromatic heterocycles. The summed E-state index contributed by atoms with van der Waals surface area (Å²) in [4.78, 5) is 15.0. The number of benzene rings is 7. The van der Waals surface area contributed by atoms with Crippen LogP contribution in [0.2, 0.25) is 0 Å². The van der Waals surface area contributed by atoms with E-state index in [1.165, 1.54) is 21.8 Å². The lowest BCUT2D eigenvalue weighted by Crippen LogP contribution is -2.06. The lowest BCUT2D eigenvalue weighted by Gasteiger charge is -2.11. The van der Waals surface area contributed by atoms with Crippen molar-refractivity contribution in [2.45, 2.75) is 0 Å². The van der Waals surface area contributed by atoms with E-state index in [-0.39, 0.29) is 0 Å². The molecule has 6 nitrogen and oxygen atoms in total. The van der Waals surface area contributed by atoms with Crippen LogP contribution in [-0.2, 0) is 0 Å². The fourth-order valence-corrected chi connectivity index (χ4v) is 7.39. The molecule has 0 aliphatic rings. The first-order valence-corrected chi connectivity index (χ1v) is 17.2. The van der Waals surface area contributed by atoms with E-state index in [1.54, 1.807) is 0 Å². The van der Waals surface area contributed by atoms with E-state index in [9.17, 15) is 5.26 Å². The Bertz CT molecular complexity index is 2890. The summed E-state index contributed by atoms with van der Waals surface area (Å²) in [5.41, 5.74) is 9.91. The highest BCUT2D eigenvalue weighted by atomic mass is 15.2. The Morgan fingerprint density at radius 2 is 0.885 bits per heavy atom. The van der Waals surface area contributed by atoms with Crippen molar-refractivity contribution in [1.29, 1.82) is 5.26 Å². The van der Waals surface area contributed by atoms with Crippen LogP contribution in [0.4, 0.5) is 0 Å². The van der Waals surface area contributed by atoms with Crippen LogP contribution in [0.5, 0.6) is 0 Å². The number of fused-ring (bicyclic) bond motifs is 6. The Morgan fingerprint density at radius 1 is 0.385 bits per heavy atom. The molecule has 52 heavy (non-hydrogen) atoms. The molecular formula is C46H28N6. The third kappa shape index (κ3) is 4.76. The zero-order chi connectivity index (χ0) is 34.6. The molecule has 7 aromatic carbocycles. The van der Waals surface area contributed by atoms with E-state index in [2.05, 4.69) is 106 Å². The molecule has 6 heteroatoms. The molecule has 3 heterocycles. The minimum absolute atomic E-state index is 0.515. The van der Waals surface area contributed by atoms with Gasteiger partial charge in [-0.05, 0) is 65.7 Å². The summed E-state index contributed by atoms with van der Waals surface area (Å²) in [6.45, 7) is 0. The summed E-state index contributed by atoms with van der Waals surface area (Å²) >= 11 is 0. The molecule has 0 saturated carbocycles. The SMILES string of the molecule is N#Cc1ccc2c(c1)c1cc(-c3ccc(-n4c5ccccc5c5ccccc54)cc3)ccc1n2-c1nc(-c2ccccc2)nc(-c2ccccc2)n1. The number of hydrogen-bond donors (Lipinski definition) is 0. The van der Waals surface area contributed by atoms with Crippen LogP contribution in [0, 0.1) is 11.3 Å². The van der Waals surface area contributed by atoms with Gasteiger partial charge in [0.05, 0.1) is 33.7 Å². The molecule has 0 aliphatic carbocycles. The normalized spacial score (nSPS) is 11.4. The Kier molecular flexibility index (Phi) is 6.76. The van der Waals surface area contributed by atoms with Gasteiger partial charge in [-0.25, -0.2) is 4.98 Å². The molecule has 10 aromatic rings. The molecule has 0 N–H and O–H groups in total. The van der Waals surface area contributed by atoms with Gasteiger partial charge >= 0.3 is 0 Å². The van der Waals surface area contributed by atoms with Gasteiger partial charge in [0.25, 0.3) is 0 Å². The summed E-state index contributed by atoms with van der Waals surface area (Å²) in [6.07, 6.45) is 0. The Balaban J connectivity index is 1.14. The molecule has 0 aliphatic heterocycles. The van der Waals surface area contributed by atoms with E-state index in [1.807, 2.05) is 78.9 Å². The molecule has 0 saturated heterocycles. The largest absolute Gasteiger partial charge is 0.309 e. The Labute approximate surface area is 299 Å². The van der Waals surface area contributed by atoms with Crippen LogP contribution >= 0.6 is 0 Å². The van der Waals surface area contributed by atoms with E-state index >= 15 is 0 Å². The van der Waals surface area contributed by atoms with Crippen LogP contribution in [0.25, 0.3) is 89.2 Å². The molecule has 242 valence electrons. The summed E-state index contributed by atoms with van der Waals surface area (Å²) < 4.78 is 4.42. The van der Waals surface area contributed by atoms with Gasteiger partial charge in [-0.1, -0.05) is 115 Å². The number of nitriles is 1. The second kappa shape index (κ2) is 11.9. The maximum absolute atomic E-state index is 9.90. The van der Waals surface area contributed by atoms with E-state index in [0.29, 0.717) is 23.2 Å². The van der Waals surface area contributed by atoms with Crippen LogP contribution < -0.4 is 0 Å². The lowest BCUT2D eigenvalue weighted by molar-refractivity contribution is 0.953. The fraction of sp³-hybridized carbons (Fsp3) is 0. The van der Waals surface area contributed by atoms with Crippen molar-refractivity contribution < 1.29 is 0 Å². The molecule has 0 radical (unpaired) electrons. The van der Waals surface area contributed by atoms with Crippen molar-refractivity contribution in [3.8, 4) is 51.6 Å². The van der Waals surface area contributed by atoms with Crippen LogP contribution in [0.1, 0.15) is 5.56 Å². The third-order valence-electron chi connectivity index (χ3n) is 9.82. The topological polar surface area (TPSA) is 72.3 Å². The molecular weight excluding hydrogens is 637 g/mol. The highest BCUT2D eigenvalue weighted by Gasteiger charge is 2.19. The molecule has 0 spiro atoms. The first-order chi connectivity index (χ1) is 25.7. The number of hydrogen-bond acceptors (Lipinski definition) is 4. The average Bonchev–Trinajstić information content (AvgIpc) is 3.73. The number of aromatic nitrogens is 5. The average molecular weight is 665 g/mol. The second-order valence-corrected chi connectivity index (χ2v) is 12.8. The van der Waals surface area contributed by atoms with E-state index in [0.717, 1.165) is 49.7 Å². The first-order valence-electron chi connectivity index (χ1n) is 17.2. The molecule has 0 atom stereocenters. The van der Waals surface area contributed by atoms with E-state index < -0.39 is 0 Å². The predicted molar refractivity (Wildman–Crippen MR) is 210 cm³/mol. The Hall–Kier alpha value is -7.36. The van der Waals surface area contributed by atoms with Crippen molar-refractivity contribution in [1.82, 2.24) is 24.1 Å². The maximum Gasteiger partial charge on any atom is 0.238 e. The van der Waals surface area contributed by atoms with Gasteiger partial charge in [-0.2, -0.15) is 15.2 Å². The number of nitrogens with zero attached hydrogens (tertiary/aromatic N) is 6. The predicted octanol–water partition coefficient (Wildman–Crippen LogP) is 10.9. The van der Waals surface area contributed by atoms with Gasteiger partial charge in [0, 0.05) is 38.4 Å². The van der Waals surface area contributed by atoms with Gasteiger partial charge in [-0.15, -0.1) is 0 Å². The molecule has 0 fully saturated rings. The van der Waals surface area contributed by atoms with Crippen LogP contribution in [0.15, 0.2) is 170 Å². The molecule has 10 rings (SSSR count). The van der Waals surface area contributed by atoms with Crippen molar-refractivity contribution in [3.05, 3.63) is 175 Å². The smallest absolute Gasteiger partial charge is 0.238 e. The van der Waals surface area contributed by atoms with Crippen LogP contribution in [-0.4, -0.2) is 24.1 Å². The van der Waals surface area contributed by atoms with Gasteiger partial charge in [0.1, 0.15) is 0 Å². The first kappa shape index (κ1) is 29.5. The highest BCUT2D eigenvalue weighted by Crippen LogP contribution is 2.37. The van der Waals surface area contributed by atoms with Crippen molar-refractivity contribution in [2.75, 3.05) is 0 Å². The maximum atomic E-state index is 9.90. The Morgan fingerprint density at radius 3 is 1.48 bits per heavy atom. The summed E-state index contributed by atoms with van der Waals surface area (Å²) in [7, 11) is 0. The third-order valence-corrected chi connectivity index (χ3v) is 9.82.